The molecular formula is C17H32. The molecule has 0 spiro atoms. The van der Waals surface area contributed by atoms with Crippen molar-refractivity contribution in [1.82, 2.24) is 0 Å². The topological polar surface area (TPSA) is 0 Å². The van der Waals surface area contributed by atoms with Crippen molar-refractivity contribution >= 4 is 0 Å². The van der Waals surface area contributed by atoms with Gasteiger partial charge in [-0.25, -0.2) is 0 Å². The number of hydrogen-bond acceptors (Lipinski definition) is 0. The first-order valence-corrected chi connectivity index (χ1v) is 7.76. The molecule has 100 valence electrons. The molecule has 17 heavy (non-hydrogen) atoms. The van der Waals surface area contributed by atoms with Crippen LogP contribution < -0.4 is 0 Å². The fraction of sp³-hybridized carbons (Fsp3) is 0.882. The van der Waals surface area contributed by atoms with Gasteiger partial charge in [-0.3, -0.25) is 0 Å². The Labute approximate surface area is 109 Å². The van der Waals surface area contributed by atoms with E-state index in [4.69, 9.17) is 0 Å². The van der Waals surface area contributed by atoms with Crippen LogP contribution in [0.3, 0.4) is 0 Å². The van der Waals surface area contributed by atoms with Gasteiger partial charge in [0.2, 0.25) is 0 Å². The largest absolute Gasteiger partial charge is 0.0993 e. The van der Waals surface area contributed by atoms with Crippen molar-refractivity contribution < 1.29 is 0 Å². The summed E-state index contributed by atoms with van der Waals surface area (Å²) in [5.74, 6) is 0. The van der Waals surface area contributed by atoms with Gasteiger partial charge in [0.1, 0.15) is 0 Å². The quantitative estimate of drug-likeness (QED) is 0.487. The zero-order valence-corrected chi connectivity index (χ0v) is 12.6. The molecule has 0 unspecified atom stereocenters. The molecule has 0 aromatic rings. The first-order chi connectivity index (χ1) is 8.08. The maximum atomic E-state index is 4.36. The summed E-state index contributed by atoms with van der Waals surface area (Å²) in [6.45, 7) is 13.7. The zero-order chi connectivity index (χ0) is 12.9. The van der Waals surface area contributed by atoms with Crippen LogP contribution in [0.4, 0.5) is 0 Å². The van der Waals surface area contributed by atoms with Crippen LogP contribution in [0.5, 0.6) is 0 Å². The summed E-state index contributed by atoms with van der Waals surface area (Å²) in [4.78, 5) is 0. The van der Waals surface area contributed by atoms with Crippen molar-refractivity contribution in [2.75, 3.05) is 0 Å². The zero-order valence-electron chi connectivity index (χ0n) is 12.6. The molecular weight excluding hydrogens is 204 g/mol. The summed E-state index contributed by atoms with van der Waals surface area (Å²) in [6, 6.07) is 0. The maximum Gasteiger partial charge on any atom is -0.00931 e. The van der Waals surface area contributed by atoms with E-state index in [0.29, 0.717) is 10.8 Å². The highest BCUT2D eigenvalue weighted by Crippen LogP contribution is 2.54. The predicted octanol–water partition coefficient (Wildman–Crippen LogP) is 6.12. The smallest absolute Gasteiger partial charge is 0.00931 e. The molecule has 1 fully saturated rings. The lowest BCUT2D eigenvalue weighted by Gasteiger charge is -2.47. The van der Waals surface area contributed by atoms with Crippen LogP contribution >= 0.6 is 0 Å². The Hall–Kier alpha value is -0.260. The van der Waals surface area contributed by atoms with Gasteiger partial charge in [-0.15, -0.1) is 0 Å². The van der Waals surface area contributed by atoms with Crippen molar-refractivity contribution in [2.45, 2.75) is 85.5 Å². The molecule has 0 saturated heterocycles. The third-order valence-corrected chi connectivity index (χ3v) is 5.65. The van der Waals surface area contributed by atoms with Crippen LogP contribution in [0, 0.1) is 10.8 Å². The molecule has 0 atom stereocenters. The summed E-state index contributed by atoms with van der Waals surface area (Å²) in [7, 11) is 0. The summed E-state index contributed by atoms with van der Waals surface area (Å²) in [5.41, 5.74) is 2.67. The molecule has 1 rings (SSSR count). The lowest BCUT2D eigenvalue weighted by atomic mass is 9.58. The minimum absolute atomic E-state index is 0.487. The van der Waals surface area contributed by atoms with Gasteiger partial charge in [0.25, 0.3) is 0 Å². The van der Waals surface area contributed by atoms with Crippen molar-refractivity contribution in [3.05, 3.63) is 12.2 Å². The Balaban J connectivity index is 2.73. The summed E-state index contributed by atoms with van der Waals surface area (Å²) < 4.78 is 0. The van der Waals surface area contributed by atoms with E-state index in [1.54, 1.807) is 0 Å². The molecule has 1 aliphatic rings. The molecule has 0 amide bonds. The molecule has 0 heteroatoms. The lowest BCUT2D eigenvalue weighted by Crippen LogP contribution is -2.34. The van der Waals surface area contributed by atoms with Gasteiger partial charge < -0.3 is 0 Å². The third kappa shape index (κ3) is 2.95. The monoisotopic (exact) mass is 236 g/mol. The van der Waals surface area contributed by atoms with E-state index < -0.39 is 0 Å². The second-order valence-electron chi connectivity index (χ2n) is 6.19. The van der Waals surface area contributed by atoms with Crippen molar-refractivity contribution in [3.8, 4) is 0 Å². The van der Waals surface area contributed by atoms with E-state index in [9.17, 15) is 0 Å². The predicted molar refractivity (Wildman–Crippen MR) is 78.3 cm³/mol. The average Bonchev–Trinajstić information content (AvgIpc) is 2.39. The van der Waals surface area contributed by atoms with Gasteiger partial charge in [0, 0.05) is 0 Å². The van der Waals surface area contributed by atoms with Crippen LogP contribution in [0.2, 0.25) is 0 Å². The number of rotatable bonds is 6. The van der Waals surface area contributed by atoms with Gasteiger partial charge in [-0.1, -0.05) is 52.7 Å². The van der Waals surface area contributed by atoms with Gasteiger partial charge >= 0.3 is 0 Å². The fourth-order valence-electron chi connectivity index (χ4n) is 3.90. The first kappa shape index (κ1) is 14.8. The molecule has 1 saturated carbocycles. The van der Waals surface area contributed by atoms with E-state index in [0.717, 1.165) is 0 Å². The van der Waals surface area contributed by atoms with E-state index in [1.807, 2.05) is 0 Å². The molecule has 0 aromatic heterocycles. The Bertz CT molecular complexity index is 241. The summed E-state index contributed by atoms with van der Waals surface area (Å²) in [5, 5.41) is 0. The minimum Gasteiger partial charge on any atom is -0.0993 e. The van der Waals surface area contributed by atoms with E-state index in [1.165, 1.54) is 63.4 Å². The van der Waals surface area contributed by atoms with E-state index in [2.05, 4.69) is 34.3 Å². The molecule has 0 heterocycles. The molecule has 0 N–H and O–H groups in total. The fourth-order valence-corrected chi connectivity index (χ4v) is 3.90. The molecule has 1 aliphatic carbocycles. The van der Waals surface area contributed by atoms with Crippen LogP contribution in [0.15, 0.2) is 12.2 Å². The normalized spacial score (nSPS) is 33.6. The highest BCUT2D eigenvalue weighted by molar-refractivity contribution is 5.12. The second kappa shape index (κ2) is 6.07. The van der Waals surface area contributed by atoms with Gasteiger partial charge in [-0.05, 0) is 55.8 Å². The van der Waals surface area contributed by atoms with Crippen molar-refractivity contribution in [3.63, 3.8) is 0 Å². The second-order valence-corrected chi connectivity index (χ2v) is 6.19. The summed E-state index contributed by atoms with van der Waals surface area (Å²) in [6.07, 6.45) is 12.3. The van der Waals surface area contributed by atoms with Crippen molar-refractivity contribution in [1.29, 1.82) is 0 Å². The molecule has 0 aliphatic heterocycles. The van der Waals surface area contributed by atoms with Gasteiger partial charge in [0.15, 0.2) is 0 Å². The van der Waals surface area contributed by atoms with Crippen molar-refractivity contribution in [2.24, 2.45) is 10.8 Å². The van der Waals surface area contributed by atoms with Gasteiger partial charge in [-0.2, -0.15) is 0 Å². The average molecular weight is 236 g/mol. The Morgan fingerprint density at radius 1 is 0.941 bits per heavy atom. The molecule has 0 aromatic carbocycles. The van der Waals surface area contributed by atoms with Crippen LogP contribution in [0.1, 0.15) is 85.5 Å². The third-order valence-electron chi connectivity index (χ3n) is 5.65. The maximum absolute atomic E-state index is 4.36. The SMILES string of the molecule is C=C(CC)C1(CC)CCC(CC)(CCC)CC1. The Morgan fingerprint density at radius 2 is 1.53 bits per heavy atom. The number of allylic oxidation sites excluding steroid dienone is 1. The van der Waals surface area contributed by atoms with E-state index >= 15 is 0 Å². The highest BCUT2D eigenvalue weighted by atomic mass is 14.5. The highest BCUT2D eigenvalue weighted by Gasteiger charge is 2.41. The first-order valence-electron chi connectivity index (χ1n) is 7.76. The van der Waals surface area contributed by atoms with Crippen LogP contribution in [-0.4, -0.2) is 0 Å². The Morgan fingerprint density at radius 3 is 1.88 bits per heavy atom. The number of hydrogen-bond donors (Lipinski definition) is 0. The lowest BCUT2D eigenvalue weighted by molar-refractivity contribution is 0.0828. The van der Waals surface area contributed by atoms with Crippen LogP contribution in [0.25, 0.3) is 0 Å². The standard InChI is InChI=1S/C17H32/c1-6-10-16(8-3)11-13-17(9-4,14-12-16)15(5)7-2/h5-14H2,1-4H3. The Kier molecular flexibility index (Phi) is 5.28. The molecule has 0 radical (unpaired) electrons. The minimum atomic E-state index is 0.487. The molecule has 0 bridgehead atoms. The van der Waals surface area contributed by atoms with Crippen LogP contribution in [-0.2, 0) is 0 Å². The van der Waals surface area contributed by atoms with Gasteiger partial charge in [0.05, 0.1) is 0 Å². The summed E-state index contributed by atoms with van der Waals surface area (Å²) >= 11 is 0. The van der Waals surface area contributed by atoms with E-state index in [-0.39, 0.29) is 0 Å². The molecule has 0 nitrogen and oxygen atoms in total.